The predicted molar refractivity (Wildman–Crippen MR) is 75.2 cm³/mol. The van der Waals surface area contributed by atoms with Crippen LogP contribution in [0.1, 0.15) is 13.8 Å². The number of likely N-dealkylation sites (N-methyl/N-ethyl adjacent to an activating group) is 1. The summed E-state index contributed by atoms with van der Waals surface area (Å²) in [7, 11) is 2.06. The molecule has 0 saturated carbocycles. The Hall–Kier alpha value is -1.55. The van der Waals surface area contributed by atoms with Gasteiger partial charge in [-0.2, -0.15) is 0 Å². The molecule has 0 unspecified atom stereocenters. The Balaban J connectivity index is 2.15. The normalized spacial score (nSPS) is 14.9. The van der Waals surface area contributed by atoms with Crippen LogP contribution in [0.5, 0.6) is 0 Å². The van der Waals surface area contributed by atoms with Gasteiger partial charge in [-0.15, -0.1) is 0 Å². The fraction of sp³-hybridized carbons (Fsp3) is 0.500. The second-order valence-electron chi connectivity index (χ2n) is 4.99. The number of hydrogen-bond acceptors (Lipinski definition) is 3. The number of amides is 1. The summed E-state index contributed by atoms with van der Waals surface area (Å²) in [6.45, 7) is 6.13. The van der Waals surface area contributed by atoms with E-state index in [-0.39, 0.29) is 5.91 Å². The quantitative estimate of drug-likeness (QED) is 0.878. The highest BCUT2D eigenvalue weighted by molar-refractivity contribution is 5.98. The molecule has 1 amide bonds. The predicted octanol–water partition coefficient (Wildman–Crippen LogP) is 1.47. The van der Waals surface area contributed by atoms with Crippen LogP contribution in [0.25, 0.3) is 0 Å². The first-order valence-electron chi connectivity index (χ1n) is 6.43. The van der Waals surface area contributed by atoms with Gasteiger partial charge in [0.15, 0.2) is 0 Å². The van der Waals surface area contributed by atoms with Crippen LogP contribution in [0.4, 0.5) is 11.4 Å². The Morgan fingerprint density at radius 1 is 1.28 bits per heavy atom. The number of rotatable bonds is 3. The van der Waals surface area contributed by atoms with Crippen molar-refractivity contribution in [2.45, 2.75) is 19.9 Å². The fourth-order valence-electron chi connectivity index (χ4n) is 2.15. The molecule has 0 radical (unpaired) electrons. The van der Waals surface area contributed by atoms with Crippen molar-refractivity contribution in [2.75, 3.05) is 36.5 Å². The molecule has 1 aromatic rings. The van der Waals surface area contributed by atoms with E-state index in [0.29, 0.717) is 12.6 Å². The molecule has 98 valence electrons. The summed E-state index contributed by atoms with van der Waals surface area (Å²) in [6, 6.07) is 8.39. The molecule has 0 aromatic heterocycles. The summed E-state index contributed by atoms with van der Waals surface area (Å²) in [5, 5.41) is 3.18. The lowest BCUT2D eigenvalue weighted by molar-refractivity contribution is -0.117. The molecule has 1 N–H and O–H groups in total. The third kappa shape index (κ3) is 2.64. The van der Waals surface area contributed by atoms with Gasteiger partial charge in [-0.05, 0) is 12.1 Å². The summed E-state index contributed by atoms with van der Waals surface area (Å²) in [5.74, 6) is 0.143. The molecule has 1 aliphatic rings. The van der Waals surface area contributed by atoms with E-state index in [1.165, 1.54) is 0 Å². The lowest BCUT2D eigenvalue weighted by Crippen LogP contribution is -2.46. The second-order valence-corrected chi connectivity index (χ2v) is 4.99. The van der Waals surface area contributed by atoms with Crippen molar-refractivity contribution >= 4 is 17.3 Å². The number of anilines is 2. The summed E-state index contributed by atoms with van der Waals surface area (Å²) < 4.78 is 0. The largest absolute Gasteiger partial charge is 0.371 e. The molecule has 2 rings (SSSR count). The van der Waals surface area contributed by atoms with E-state index in [2.05, 4.69) is 23.3 Å². The first-order valence-corrected chi connectivity index (χ1v) is 6.43. The van der Waals surface area contributed by atoms with E-state index in [0.717, 1.165) is 24.5 Å². The van der Waals surface area contributed by atoms with Crippen molar-refractivity contribution < 1.29 is 4.79 Å². The molecular weight excluding hydrogens is 226 g/mol. The molecule has 4 nitrogen and oxygen atoms in total. The number of fused-ring (bicyclic) bond motifs is 1. The molecule has 0 bridgehead atoms. The van der Waals surface area contributed by atoms with Gasteiger partial charge in [0, 0.05) is 26.2 Å². The van der Waals surface area contributed by atoms with Crippen molar-refractivity contribution in [3.05, 3.63) is 24.3 Å². The summed E-state index contributed by atoms with van der Waals surface area (Å²) in [4.78, 5) is 16.3. The van der Waals surface area contributed by atoms with E-state index >= 15 is 0 Å². The number of carbonyl (C=O) groups excluding carboxylic acids is 1. The first kappa shape index (κ1) is 12.9. The highest BCUT2D eigenvalue weighted by atomic mass is 16.2. The van der Waals surface area contributed by atoms with Gasteiger partial charge in [-0.1, -0.05) is 26.0 Å². The minimum atomic E-state index is 0.143. The van der Waals surface area contributed by atoms with Crippen LogP contribution in [0.15, 0.2) is 24.3 Å². The topological polar surface area (TPSA) is 35.6 Å². The molecule has 1 aliphatic heterocycles. The molecule has 0 atom stereocenters. The van der Waals surface area contributed by atoms with Crippen molar-refractivity contribution in [1.82, 2.24) is 5.32 Å². The zero-order valence-electron chi connectivity index (χ0n) is 11.3. The molecule has 0 saturated heterocycles. The van der Waals surface area contributed by atoms with Crippen molar-refractivity contribution in [2.24, 2.45) is 0 Å². The monoisotopic (exact) mass is 247 g/mol. The van der Waals surface area contributed by atoms with Crippen LogP contribution in [-0.2, 0) is 4.79 Å². The highest BCUT2D eigenvalue weighted by Crippen LogP contribution is 2.31. The van der Waals surface area contributed by atoms with Crippen LogP contribution < -0.4 is 15.1 Å². The van der Waals surface area contributed by atoms with Crippen molar-refractivity contribution in [3.63, 3.8) is 0 Å². The van der Waals surface area contributed by atoms with Gasteiger partial charge in [-0.3, -0.25) is 4.79 Å². The van der Waals surface area contributed by atoms with Gasteiger partial charge in [0.05, 0.1) is 17.9 Å². The minimum Gasteiger partial charge on any atom is -0.371 e. The van der Waals surface area contributed by atoms with Gasteiger partial charge >= 0.3 is 0 Å². The van der Waals surface area contributed by atoms with Crippen molar-refractivity contribution in [1.29, 1.82) is 0 Å². The number of carbonyl (C=O) groups is 1. The van der Waals surface area contributed by atoms with Crippen LogP contribution >= 0.6 is 0 Å². The van der Waals surface area contributed by atoms with E-state index in [9.17, 15) is 4.79 Å². The molecule has 4 heteroatoms. The Morgan fingerprint density at radius 3 is 2.61 bits per heavy atom. The average molecular weight is 247 g/mol. The third-order valence-corrected chi connectivity index (χ3v) is 3.21. The third-order valence-electron chi connectivity index (χ3n) is 3.21. The van der Waals surface area contributed by atoms with Crippen LogP contribution in [-0.4, -0.2) is 38.6 Å². The Labute approximate surface area is 109 Å². The maximum absolute atomic E-state index is 12.2. The van der Waals surface area contributed by atoms with Gasteiger partial charge < -0.3 is 15.1 Å². The number of para-hydroxylation sites is 2. The molecular formula is C14H21N3O. The Morgan fingerprint density at radius 2 is 1.94 bits per heavy atom. The van der Waals surface area contributed by atoms with Gasteiger partial charge in [0.1, 0.15) is 0 Å². The molecule has 0 spiro atoms. The lowest BCUT2D eigenvalue weighted by atomic mass is 10.1. The molecule has 1 heterocycles. The SMILES string of the molecule is CC(C)NCC(=O)N1CCN(C)c2ccccc21. The molecule has 0 fully saturated rings. The van der Waals surface area contributed by atoms with E-state index in [1.807, 2.05) is 36.9 Å². The van der Waals surface area contributed by atoms with E-state index < -0.39 is 0 Å². The van der Waals surface area contributed by atoms with Crippen LogP contribution in [0, 0.1) is 0 Å². The Bertz CT molecular complexity index is 431. The molecule has 18 heavy (non-hydrogen) atoms. The number of nitrogens with zero attached hydrogens (tertiary/aromatic N) is 2. The summed E-state index contributed by atoms with van der Waals surface area (Å²) in [5.41, 5.74) is 2.14. The van der Waals surface area contributed by atoms with Gasteiger partial charge in [-0.25, -0.2) is 0 Å². The van der Waals surface area contributed by atoms with Crippen LogP contribution in [0.2, 0.25) is 0 Å². The van der Waals surface area contributed by atoms with Gasteiger partial charge in [0.25, 0.3) is 0 Å². The number of hydrogen-bond donors (Lipinski definition) is 1. The van der Waals surface area contributed by atoms with Crippen molar-refractivity contribution in [3.8, 4) is 0 Å². The van der Waals surface area contributed by atoms with Gasteiger partial charge in [0.2, 0.25) is 5.91 Å². The molecule has 1 aromatic carbocycles. The first-order chi connectivity index (χ1) is 8.59. The van der Waals surface area contributed by atoms with E-state index in [4.69, 9.17) is 0 Å². The average Bonchev–Trinajstić information content (AvgIpc) is 2.37. The maximum Gasteiger partial charge on any atom is 0.241 e. The zero-order chi connectivity index (χ0) is 13.1. The lowest BCUT2D eigenvalue weighted by Gasteiger charge is -2.35. The smallest absolute Gasteiger partial charge is 0.241 e. The van der Waals surface area contributed by atoms with E-state index in [1.54, 1.807) is 0 Å². The second kappa shape index (κ2) is 5.40. The summed E-state index contributed by atoms with van der Waals surface area (Å²) in [6.07, 6.45) is 0. The standard InChI is InChI=1S/C14H21N3O/c1-11(2)15-10-14(18)17-9-8-16(3)12-6-4-5-7-13(12)17/h4-7,11,15H,8-10H2,1-3H3. The fourth-order valence-corrected chi connectivity index (χ4v) is 2.15. The Kier molecular flexibility index (Phi) is 3.87. The highest BCUT2D eigenvalue weighted by Gasteiger charge is 2.24. The molecule has 0 aliphatic carbocycles. The maximum atomic E-state index is 12.2. The summed E-state index contributed by atoms with van der Waals surface area (Å²) >= 11 is 0. The minimum absolute atomic E-state index is 0.143. The number of nitrogens with one attached hydrogen (secondary N) is 1. The number of benzene rings is 1. The zero-order valence-corrected chi connectivity index (χ0v) is 11.3. The van der Waals surface area contributed by atoms with Crippen LogP contribution in [0.3, 0.4) is 0 Å².